The lowest BCUT2D eigenvalue weighted by molar-refractivity contribution is 0.0749. The standard InChI is InChI=1S/C16H18N2O4/c1-20-12-3-4-14(21-2)13(9-12)11-6-8-18(10-11)16(19)15-5-7-17-22-15/h3-5,7,9,11H,6,8,10H2,1-2H3. The van der Waals surface area contributed by atoms with E-state index in [2.05, 4.69) is 5.16 Å². The summed E-state index contributed by atoms with van der Waals surface area (Å²) in [7, 11) is 3.29. The summed E-state index contributed by atoms with van der Waals surface area (Å²) in [6, 6.07) is 7.33. The van der Waals surface area contributed by atoms with Crippen LogP contribution in [0, 0.1) is 0 Å². The number of methoxy groups -OCH3 is 2. The largest absolute Gasteiger partial charge is 0.497 e. The first-order valence-corrected chi connectivity index (χ1v) is 7.15. The molecule has 1 aliphatic rings. The van der Waals surface area contributed by atoms with Crippen LogP contribution >= 0.6 is 0 Å². The fourth-order valence-electron chi connectivity index (χ4n) is 2.84. The van der Waals surface area contributed by atoms with Crippen molar-refractivity contribution in [1.82, 2.24) is 10.1 Å². The average molecular weight is 302 g/mol. The van der Waals surface area contributed by atoms with Crippen LogP contribution in [0.1, 0.15) is 28.5 Å². The molecule has 1 saturated heterocycles. The van der Waals surface area contributed by atoms with Gasteiger partial charge in [-0.15, -0.1) is 0 Å². The van der Waals surface area contributed by atoms with Crippen LogP contribution in [-0.4, -0.2) is 43.3 Å². The zero-order valence-corrected chi connectivity index (χ0v) is 12.6. The molecule has 2 heterocycles. The Morgan fingerprint density at radius 2 is 2.18 bits per heavy atom. The number of likely N-dealkylation sites (tertiary alicyclic amines) is 1. The molecule has 0 aliphatic carbocycles. The number of hydrogen-bond donors (Lipinski definition) is 0. The maximum absolute atomic E-state index is 12.3. The van der Waals surface area contributed by atoms with Gasteiger partial charge in [0.1, 0.15) is 11.5 Å². The Kier molecular flexibility index (Phi) is 4.00. The molecular weight excluding hydrogens is 284 g/mol. The van der Waals surface area contributed by atoms with Crippen molar-refractivity contribution in [2.45, 2.75) is 12.3 Å². The second kappa shape index (κ2) is 6.09. The normalized spacial score (nSPS) is 17.5. The summed E-state index contributed by atoms with van der Waals surface area (Å²) in [5.74, 6) is 1.98. The van der Waals surface area contributed by atoms with Gasteiger partial charge in [0.2, 0.25) is 5.76 Å². The van der Waals surface area contributed by atoms with E-state index in [1.807, 2.05) is 18.2 Å². The fourth-order valence-corrected chi connectivity index (χ4v) is 2.84. The first-order valence-electron chi connectivity index (χ1n) is 7.15. The molecule has 1 amide bonds. The van der Waals surface area contributed by atoms with Gasteiger partial charge in [0, 0.05) is 30.6 Å². The number of amides is 1. The summed E-state index contributed by atoms with van der Waals surface area (Å²) in [6.45, 7) is 1.31. The average Bonchev–Trinajstić information content (AvgIpc) is 3.25. The molecule has 1 aromatic carbocycles. The van der Waals surface area contributed by atoms with Crippen molar-refractivity contribution in [3.63, 3.8) is 0 Å². The minimum absolute atomic E-state index is 0.123. The Balaban J connectivity index is 1.79. The lowest BCUT2D eigenvalue weighted by Crippen LogP contribution is -2.28. The molecule has 116 valence electrons. The van der Waals surface area contributed by atoms with E-state index in [-0.39, 0.29) is 17.6 Å². The molecule has 0 N–H and O–H groups in total. The van der Waals surface area contributed by atoms with E-state index in [1.54, 1.807) is 25.2 Å². The van der Waals surface area contributed by atoms with Crippen LogP contribution in [0.3, 0.4) is 0 Å². The summed E-state index contributed by atoms with van der Waals surface area (Å²) in [4.78, 5) is 14.1. The number of nitrogens with zero attached hydrogens (tertiary/aromatic N) is 2. The molecule has 6 nitrogen and oxygen atoms in total. The van der Waals surface area contributed by atoms with Gasteiger partial charge in [0.25, 0.3) is 5.91 Å². The lowest BCUT2D eigenvalue weighted by Gasteiger charge is -2.17. The zero-order chi connectivity index (χ0) is 15.5. The van der Waals surface area contributed by atoms with Crippen LogP contribution in [0.4, 0.5) is 0 Å². The zero-order valence-electron chi connectivity index (χ0n) is 12.6. The van der Waals surface area contributed by atoms with Crippen LogP contribution in [-0.2, 0) is 0 Å². The molecule has 6 heteroatoms. The fraction of sp³-hybridized carbons (Fsp3) is 0.375. The van der Waals surface area contributed by atoms with Crippen LogP contribution in [0.15, 0.2) is 35.0 Å². The second-order valence-corrected chi connectivity index (χ2v) is 5.22. The van der Waals surface area contributed by atoms with Gasteiger partial charge in [0.05, 0.1) is 20.4 Å². The van der Waals surface area contributed by atoms with Crippen molar-refractivity contribution in [1.29, 1.82) is 0 Å². The van der Waals surface area contributed by atoms with Gasteiger partial charge >= 0.3 is 0 Å². The predicted octanol–water partition coefficient (Wildman–Crippen LogP) is 2.32. The molecule has 22 heavy (non-hydrogen) atoms. The number of hydrogen-bond acceptors (Lipinski definition) is 5. The highest BCUT2D eigenvalue weighted by atomic mass is 16.5. The Morgan fingerprint density at radius 3 is 2.86 bits per heavy atom. The molecule has 1 aromatic heterocycles. The summed E-state index contributed by atoms with van der Waals surface area (Å²) in [5, 5.41) is 3.58. The van der Waals surface area contributed by atoms with Crippen LogP contribution in [0.2, 0.25) is 0 Å². The first kappa shape index (κ1) is 14.4. The van der Waals surface area contributed by atoms with Crippen molar-refractivity contribution in [2.75, 3.05) is 27.3 Å². The molecule has 2 aromatic rings. The Labute approximate surface area is 128 Å². The molecule has 0 bridgehead atoms. The van der Waals surface area contributed by atoms with Gasteiger partial charge in [0.15, 0.2) is 0 Å². The molecular formula is C16H18N2O4. The van der Waals surface area contributed by atoms with Crippen molar-refractivity contribution < 1.29 is 18.8 Å². The van der Waals surface area contributed by atoms with Crippen molar-refractivity contribution in [3.8, 4) is 11.5 Å². The summed E-state index contributed by atoms with van der Waals surface area (Å²) >= 11 is 0. The van der Waals surface area contributed by atoms with E-state index in [0.29, 0.717) is 13.1 Å². The van der Waals surface area contributed by atoms with Gasteiger partial charge in [-0.3, -0.25) is 4.79 Å². The molecule has 1 aliphatic heterocycles. The van der Waals surface area contributed by atoms with Gasteiger partial charge in [-0.2, -0.15) is 0 Å². The molecule has 0 radical (unpaired) electrons. The van der Waals surface area contributed by atoms with E-state index >= 15 is 0 Å². The van der Waals surface area contributed by atoms with Crippen molar-refractivity contribution in [2.24, 2.45) is 0 Å². The minimum Gasteiger partial charge on any atom is -0.497 e. The van der Waals surface area contributed by atoms with Gasteiger partial charge < -0.3 is 18.9 Å². The molecule has 3 rings (SSSR count). The van der Waals surface area contributed by atoms with Crippen molar-refractivity contribution in [3.05, 3.63) is 41.8 Å². The lowest BCUT2D eigenvalue weighted by atomic mass is 9.97. The number of benzene rings is 1. The van der Waals surface area contributed by atoms with E-state index < -0.39 is 0 Å². The highest BCUT2D eigenvalue weighted by molar-refractivity contribution is 5.91. The van der Waals surface area contributed by atoms with Crippen LogP contribution < -0.4 is 9.47 Å². The Bertz CT molecular complexity index is 654. The summed E-state index contributed by atoms with van der Waals surface area (Å²) in [5.41, 5.74) is 1.06. The van der Waals surface area contributed by atoms with E-state index in [1.165, 1.54) is 6.20 Å². The van der Waals surface area contributed by atoms with Gasteiger partial charge in [-0.1, -0.05) is 5.16 Å². The predicted molar refractivity (Wildman–Crippen MR) is 79.3 cm³/mol. The van der Waals surface area contributed by atoms with Gasteiger partial charge in [-0.05, 0) is 24.6 Å². The molecule has 1 atom stereocenters. The highest BCUT2D eigenvalue weighted by Gasteiger charge is 2.31. The maximum Gasteiger partial charge on any atom is 0.292 e. The first-order chi connectivity index (χ1) is 10.7. The Hall–Kier alpha value is -2.50. The third-order valence-corrected chi connectivity index (χ3v) is 4.00. The van der Waals surface area contributed by atoms with Crippen molar-refractivity contribution >= 4 is 5.91 Å². The number of carbonyl (C=O) groups is 1. The van der Waals surface area contributed by atoms with Gasteiger partial charge in [-0.25, -0.2) is 0 Å². The smallest absolute Gasteiger partial charge is 0.292 e. The minimum atomic E-state index is -0.123. The number of ether oxygens (including phenoxy) is 2. The SMILES string of the molecule is COc1ccc(OC)c(C2CCN(C(=O)c3ccno3)C2)c1. The third kappa shape index (κ3) is 2.64. The Morgan fingerprint density at radius 1 is 1.32 bits per heavy atom. The topological polar surface area (TPSA) is 64.8 Å². The molecule has 0 saturated carbocycles. The monoisotopic (exact) mass is 302 g/mol. The highest BCUT2D eigenvalue weighted by Crippen LogP contribution is 2.36. The number of aromatic nitrogens is 1. The summed E-state index contributed by atoms with van der Waals surface area (Å²) < 4.78 is 15.7. The quantitative estimate of drug-likeness (QED) is 0.867. The van der Waals surface area contributed by atoms with E-state index in [4.69, 9.17) is 14.0 Å². The van der Waals surface area contributed by atoms with Crippen LogP contribution in [0.5, 0.6) is 11.5 Å². The molecule has 1 fully saturated rings. The van der Waals surface area contributed by atoms with Crippen LogP contribution in [0.25, 0.3) is 0 Å². The van der Waals surface area contributed by atoms with E-state index in [0.717, 1.165) is 23.5 Å². The number of rotatable bonds is 4. The molecule has 0 spiro atoms. The number of carbonyl (C=O) groups excluding carboxylic acids is 1. The van der Waals surface area contributed by atoms with E-state index in [9.17, 15) is 4.79 Å². The third-order valence-electron chi connectivity index (χ3n) is 4.00. The maximum atomic E-state index is 12.3. The second-order valence-electron chi connectivity index (χ2n) is 5.22. The molecule has 1 unspecified atom stereocenters. The summed E-state index contributed by atoms with van der Waals surface area (Å²) in [6.07, 6.45) is 2.36.